The number of benzene rings is 2. The third-order valence-electron chi connectivity index (χ3n) is 4.92. The second-order valence-electron chi connectivity index (χ2n) is 7.02. The van der Waals surface area contributed by atoms with Gasteiger partial charge < -0.3 is 19.5 Å². The topological polar surface area (TPSA) is 94.2 Å². The molecule has 1 amide bonds. The molecule has 0 fully saturated rings. The van der Waals surface area contributed by atoms with Crippen molar-refractivity contribution in [3.05, 3.63) is 48.0 Å². The zero-order valence-corrected chi connectivity index (χ0v) is 19.5. The first-order valence-electron chi connectivity index (χ1n) is 9.82. The van der Waals surface area contributed by atoms with Gasteiger partial charge in [0.2, 0.25) is 15.9 Å². The van der Waals surface area contributed by atoms with Gasteiger partial charge in [0.1, 0.15) is 23.3 Å². The molecule has 2 atom stereocenters. The van der Waals surface area contributed by atoms with Crippen LogP contribution in [0.4, 0.5) is 5.69 Å². The molecule has 0 heterocycles. The van der Waals surface area contributed by atoms with E-state index in [1.165, 1.54) is 7.11 Å². The molecular formula is C22H30N2O6S. The van der Waals surface area contributed by atoms with Crippen LogP contribution in [0, 0.1) is 0 Å². The van der Waals surface area contributed by atoms with Crippen LogP contribution in [0.2, 0.25) is 0 Å². The molecule has 2 aromatic carbocycles. The average molecular weight is 451 g/mol. The van der Waals surface area contributed by atoms with Crippen molar-refractivity contribution in [2.45, 2.75) is 32.4 Å². The monoisotopic (exact) mass is 450 g/mol. The number of sulfonamides is 1. The number of amides is 1. The smallest absolute Gasteiger partial charge is 0.244 e. The lowest BCUT2D eigenvalue weighted by Crippen LogP contribution is -2.49. The Balaban J connectivity index is 2.35. The summed E-state index contributed by atoms with van der Waals surface area (Å²) in [7, 11) is 0.899. The fraction of sp³-hybridized carbons (Fsp3) is 0.409. The lowest BCUT2D eigenvalue weighted by molar-refractivity contribution is -0.122. The number of hydrogen-bond donors (Lipinski definition) is 1. The number of carbonyl (C=O) groups is 1. The minimum absolute atomic E-state index is 0.285. The Hall–Kier alpha value is -2.94. The van der Waals surface area contributed by atoms with E-state index in [1.54, 1.807) is 70.5 Å². The fourth-order valence-electron chi connectivity index (χ4n) is 3.35. The molecule has 2 rings (SSSR count). The molecule has 8 nitrogen and oxygen atoms in total. The Kier molecular flexibility index (Phi) is 8.15. The second-order valence-corrected chi connectivity index (χ2v) is 8.88. The maximum Gasteiger partial charge on any atom is 0.244 e. The van der Waals surface area contributed by atoms with Crippen molar-refractivity contribution in [2.75, 3.05) is 31.9 Å². The molecule has 0 saturated carbocycles. The van der Waals surface area contributed by atoms with Crippen LogP contribution in [-0.4, -0.2) is 48.0 Å². The van der Waals surface area contributed by atoms with Gasteiger partial charge in [-0.2, -0.15) is 0 Å². The molecule has 9 heteroatoms. The van der Waals surface area contributed by atoms with Crippen molar-refractivity contribution in [2.24, 2.45) is 0 Å². The number of hydrogen-bond acceptors (Lipinski definition) is 6. The Morgan fingerprint density at radius 1 is 1.00 bits per heavy atom. The van der Waals surface area contributed by atoms with Crippen molar-refractivity contribution in [3.8, 4) is 17.2 Å². The Labute approximate surface area is 184 Å². The summed E-state index contributed by atoms with van der Waals surface area (Å²) in [6, 6.07) is 10.5. The molecule has 0 aliphatic rings. The summed E-state index contributed by atoms with van der Waals surface area (Å²) in [5.74, 6) is 1.39. The Morgan fingerprint density at radius 3 is 2.06 bits per heavy atom. The minimum Gasteiger partial charge on any atom is -0.497 e. The third kappa shape index (κ3) is 5.81. The molecule has 2 aromatic rings. The Morgan fingerprint density at radius 2 is 1.58 bits per heavy atom. The highest BCUT2D eigenvalue weighted by Crippen LogP contribution is 2.30. The average Bonchev–Trinajstić information content (AvgIpc) is 2.75. The number of methoxy groups -OCH3 is 3. The van der Waals surface area contributed by atoms with Gasteiger partial charge in [-0.3, -0.25) is 9.10 Å². The normalized spacial score (nSPS) is 13.1. The first kappa shape index (κ1) is 24.3. The van der Waals surface area contributed by atoms with Crippen molar-refractivity contribution >= 4 is 21.6 Å². The summed E-state index contributed by atoms with van der Waals surface area (Å²) < 4.78 is 42.2. The third-order valence-corrected chi connectivity index (χ3v) is 6.10. The highest BCUT2D eigenvalue weighted by atomic mass is 32.2. The van der Waals surface area contributed by atoms with E-state index in [-0.39, 0.29) is 6.42 Å². The molecule has 0 aromatic heterocycles. The molecule has 0 radical (unpaired) electrons. The molecule has 31 heavy (non-hydrogen) atoms. The number of nitrogens with zero attached hydrogens (tertiary/aromatic N) is 1. The van der Waals surface area contributed by atoms with E-state index in [2.05, 4.69) is 5.32 Å². The van der Waals surface area contributed by atoms with Gasteiger partial charge in [0, 0.05) is 5.56 Å². The standard InChI is InChI=1S/C22H30N2O6S/c1-7-20(24(31(6,26)27)16-8-10-17(28-3)11-9-16)22(25)23-15(2)19-14-18(29-4)12-13-21(19)30-5/h8-15,20H,7H2,1-6H3,(H,23,25). The predicted octanol–water partition coefficient (Wildman–Crippen LogP) is 3.13. The molecular weight excluding hydrogens is 420 g/mol. The molecule has 2 unspecified atom stereocenters. The van der Waals surface area contributed by atoms with Gasteiger partial charge in [0.15, 0.2) is 0 Å². The van der Waals surface area contributed by atoms with Gasteiger partial charge in [-0.15, -0.1) is 0 Å². The van der Waals surface area contributed by atoms with Crippen molar-refractivity contribution < 1.29 is 27.4 Å². The zero-order valence-electron chi connectivity index (χ0n) is 18.7. The van der Waals surface area contributed by atoms with Crippen LogP contribution in [0.15, 0.2) is 42.5 Å². The van der Waals surface area contributed by atoms with Gasteiger partial charge >= 0.3 is 0 Å². The van der Waals surface area contributed by atoms with Crippen molar-refractivity contribution in [3.63, 3.8) is 0 Å². The van der Waals surface area contributed by atoms with E-state index >= 15 is 0 Å². The molecule has 0 aliphatic heterocycles. The second kappa shape index (κ2) is 10.4. The van der Waals surface area contributed by atoms with E-state index in [4.69, 9.17) is 14.2 Å². The van der Waals surface area contributed by atoms with Crippen LogP contribution < -0.4 is 23.8 Å². The summed E-state index contributed by atoms with van der Waals surface area (Å²) in [4.78, 5) is 13.2. The number of rotatable bonds is 10. The van der Waals surface area contributed by atoms with Crippen LogP contribution >= 0.6 is 0 Å². The lowest BCUT2D eigenvalue weighted by Gasteiger charge is -2.31. The van der Waals surface area contributed by atoms with Crippen LogP contribution in [0.25, 0.3) is 0 Å². The van der Waals surface area contributed by atoms with E-state index < -0.39 is 28.0 Å². The molecule has 1 N–H and O–H groups in total. The summed E-state index contributed by atoms with van der Waals surface area (Å²) in [5, 5.41) is 2.91. The maximum absolute atomic E-state index is 13.2. The van der Waals surface area contributed by atoms with Gasteiger partial charge in [-0.05, 0) is 55.8 Å². The first-order chi connectivity index (χ1) is 14.7. The van der Waals surface area contributed by atoms with Crippen LogP contribution in [-0.2, 0) is 14.8 Å². The minimum atomic E-state index is -3.73. The van der Waals surface area contributed by atoms with Gasteiger partial charge in [0.25, 0.3) is 0 Å². The van der Waals surface area contributed by atoms with E-state index in [0.29, 0.717) is 22.9 Å². The quantitative estimate of drug-likeness (QED) is 0.598. The van der Waals surface area contributed by atoms with E-state index in [0.717, 1.165) is 16.1 Å². The Bertz CT molecular complexity index is 992. The highest BCUT2D eigenvalue weighted by molar-refractivity contribution is 7.92. The molecule has 170 valence electrons. The largest absolute Gasteiger partial charge is 0.497 e. The number of ether oxygens (including phenoxy) is 3. The first-order valence-corrected chi connectivity index (χ1v) is 11.7. The van der Waals surface area contributed by atoms with Gasteiger partial charge in [0.05, 0.1) is 39.3 Å². The van der Waals surface area contributed by atoms with Crippen molar-refractivity contribution in [1.29, 1.82) is 0 Å². The van der Waals surface area contributed by atoms with E-state index in [1.807, 2.05) is 0 Å². The maximum atomic E-state index is 13.2. The summed E-state index contributed by atoms with van der Waals surface area (Å²) in [6.07, 6.45) is 1.37. The molecule has 0 saturated heterocycles. The molecule has 0 bridgehead atoms. The summed E-state index contributed by atoms with van der Waals surface area (Å²) in [5.41, 5.74) is 1.11. The van der Waals surface area contributed by atoms with E-state index in [9.17, 15) is 13.2 Å². The van der Waals surface area contributed by atoms with Crippen LogP contribution in [0.1, 0.15) is 31.9 Å². The van der Waals surface area contributed by atoms with Gasteiger partial charge in [-0.1, -0.05) is 6.92 Å². The number of anilines is 1. The highest BCUT2D eigenvalue weighted by Gasteiger charge is 2.32. The molecule has 0 aliphatic carbocycles. The number of nitrogens with one attached hydrogen (secondary N) is 1. The zero-order chi connectivity index (χ0) is 23.2. The number of carbonyl (C=O) groups excluding carboxylic acids is 1. The van der Waals surface area contributed by atoms with Crippen molar-refractivity contribution in [1.82, 2.24) is 5.32 Å². The lowest BCUT2D eigenvalue weighted by atomic mass is 10.1. The van der Waals surface area contributed by atoms with Gasteiger partial charge in [-0.25, -0.2) is 8.42 Å². The SMILES string of the molecule is CCC(C(=O)NC(C)c1cc(OC)ccc1OC)N(c1ccc(OC)cc1)S(C)(=O)=O. The predicted molar refractivity (Wildman–Crippen MR) is 120 cm³/mol. The summed E-state index contributed by atoms with van der Waals surface area (Å²) >= 11 is 0. The fourth-order valence-corrected chi connectivity index (χ4v) is 4.57. The summed E-state index contributed by atoms with van der Waals surface area (Å²) in [6.45, 7) is 3.57. The van der Waals surface area contributed by atoms with Crippen LogP contribution in [0.5, 0.6) is 17.2 Å². The van der Waals surface area contributed by atoms with Crippen LogP contribution in [0.3, 0.4) is 0 Å². The molecule has 0 spiro atoms.